The summed E-state index contributed by atoms with van der Waals surface area (Å²) >= 11 is 0. The predicted octanol–water partition coefficient (Wildman–Crippen LogP) is 0.663. The van der Waals surface area contributed by atoms with Crippen molar-refractivity contribution in [2.24, 2.45) is 0 Å². The molecule has 1 aromatic heterocycles. The van der Waals surface area contributed by atoms with Crippen LogP contribution in [0.4, 0.5) is 11.8 Å². The highest BCUT2D eigenvalue weighted by Crippen LogP contribution is 2.06. The fourth-order valence-corrected chi connectivity index (χ4v) is 0.811. The van der Waals surface area contributed by atoms with Crippen molar-refractivity contribution in [2.75, 3.05) is 18.1 Å². The number of aryl methyl sites for hydroxylation is 1. The Morgan fingerprint density at radius 3 is 2.82 bits per heavy atom. The third-order valence-electron chi connectivity index (χ3n) is 1.38. The van der Waals surface area contributed by atoms with Crippen molar-refractivity contribution in [3.8, 4) is 0 Å². The van der Waals surface area contributed by atoms with E-state index in [-0.39, 0.29) is 0 Å². The van der Waals surface area contributed by atoms with E-state index in [1.54, 1.807) is 13.1 Å². The second kappa shape index (κ2) is 3.18. The van der Waals surface area contributed by atoms with E-state index < -0.39 is 0 Å². The van der Waals surface area contributed by atoms with E-state index in [2.05, 4.69) is 15.3 Å². The van der Waals surface area contributed by atoms with Crippen molar-refractivity contribution >= 4 is 11.8 Å². The lowest BCUT2D eigenvalue weighted by Crippen LogP contribution is -2.02. The Bertz CT molecular complexity index is 224. The minimum atomic E-state index is 0.515. The molecule has 0 aliphatic carbocycles. The highest BCUT2D eigenvalue weighted by atomic mass is 15.1. The fourth-order valence-electron chi connectivity index (χ4n) is 0.811. The predicted molar refractivity (Wildman–Crippen MR) is 45.4 cm³/mol. The molecule has 0 aliphatic rings. The van der Waals surface area contributed by atoms with E-state index >= 15 is 0 Å². The molecule has 0 saturated carbocycles. The van der Waals surface area contributed by atoms with Crippen LogP contribution in [-0.2, 0) is 6.42 Å². The number of hydrogen-bond donors (Lipinski definition) is 2. The third-order valence-corrected chi connectivity index (χ3v) is 1.38. The Morgan fingerprint density at radius 1 is 1.55 bits per heavy atom. The Morgan fingerprint density at radius 2 is 2.27 bits per heavy atom. The van der Waals surface area contributed by atoms with E-state index in [1.165, 1.54) is 0 Å². The smallest absolute Gasteiger partial charge is 0.224 e. The Kier molecular flexibility index (Phi) is 2.25. The van der Waals surface area contributed by atoms with Gasteiger partial charge in [-0.2, -0.15) is 4.98 Å². The van der Waals surface area contributed by atoms with Crippen molar-refractivity contribution in [1.82, 2.24) is 9.97 Å². The first kappa shape index (κ1) is 7.78. The van der Waals surface area contributed by atoms with Crippen LogP contribution >= 0.6 is 0 Å². The molecule has 11 heavy (non-hydrogen) atoms. The maximum atomic E-state index is 5.52. The van der Waals surface area contributed by atoms with Crippen LogP contribution in [0.3, 0.4) is 0 Å². The van der Waals surface area contributed by atoms with Crippen LogP contribution in [0.5, 0.6) is 0 Å². The summed E-state index contributed by atoms with van der Waals surface area (Å²) in [5.74, 6) is 1.10. The van der Waals surface area contributed by atoms with Crippen LogP contribution < -0.4 is 11.1 Å². The maximum absolute atomic E-state index is 5.52. The molecule has 4 heteroatoms. The average molecular weight is 152 g/mol. The van der Waals surface area contributed by atoms with Gasteiger partial charge in [0, 0.05) is 18.8 Å². The first-order valence-electron chi connectivity index (χ1n) is 3.57. The molecule has 0 spiro atoms. The number of anilines is 2. The number of nitrogens with zero attached hydrogens (tertiary/aromatic N) is 2. The molecule has 0 aromatic carbocycles. The van der Waals surface area contributed by atoms with Crippen LogP contribution in [0.15, 0.2) is 6.07 Å². The zero-order chi connectivity index (χ0) is 8.27. The SMILES string of the molecule is CCc1cc(N)nc(NC)n1. The minimum absolute atomic E-state index is 0.515. The molecule has 0 radical (unpaired) electrons. The number of rotatable bonds is 2. The van der Waals surface area contributed by atoms with Gasteiger partial charge in [-0.3, -0.25) is 0 Å². The monoisotopic (exact) mass is 152 g/mol. The highest BCUT2D eigenvalue weighted by Gasteiger charge is 1.97. The Hall–Kier alpha value is -1.32. The van der Waals surface area contributed by atoms with E-state index in [4.69, 9.17) is 5.73 Å². The van der Waals surface area contributed by atoms with Crippen molar-refractivity contribution in [2.45, 2.75) is 13.3 Å². The van der Waals surface area contributed by atoms with E-state index in [9.17, 15) is 0 Å². The van der Waals surface area contributed by atoms with Gasteiger partial charge in [0.05, 0.1) is 0 Å². The molecule has 0 fully saturated rings. The Labute approximate surface area is 65.9 Å². The summed E-state index contributed by atoms with van der Waals surface area (Å²) in [5, 5.41) is 2.84. The Balaban J connectivity index is 3.02. The van der Waals surface area contributed by atoms with Gasteiger partial charge in [0.25, 0.3) is 0 Å². The van der Waals surface area contributed by atoms with Gasteiger partial charge in [0.1, 0.15) is 5.82 Å². The molecule has 1 aromatic rings. The number of nitrogens with one attached hydrogen (secondary N) is 1. The molecule has 3 N–H and O–H groups in total. The van der Waals surface area contributed by atoms with E-state index in [1.807, 2.05) is 6.92 Å². The zero-order valence-electron chi connectivity index (χ0n) is 6.76. The fraction of sp³-hybridized carbons (Fsp3) is 0.429. The second-order valence-corrected chi connectivity index (χ2v) is 2.21. The van der Waals surface area contributed by atoms with Gasteiger partial charge in [-0.25, -0.2) is 4.98 Å². The van der Waals surface area contributed by atoms with Crippen LogP contribution in [0, 0.1) is 0 Å². The second-order valence-electron chi connectivity index (χ2n) is 2.21. The summed E-state index contributed by atoms with van der Waals surface area (Å²) in [6.07, 6.45) is 0.876. The van der Waals surface area contributed by atoms with Gasteiger partial charge in [0.15, 0.2) is 0 Å². The van der Waals surface area contributed by atoms with Gasteiger partial charge in [0.2, 0.25) is 5.95 Å². The lowest BCUT2D eigenvalue weighted by atomic mass is 10.3. The lowest BCUT2D eigenvalue weighted by molar-refractivity contribution is 1.00. The topological polar surface area (TPSA) is 63.8 Å². The summed E-state index contributed by atoms with van der Waals surface area (Å²) in [6.45, 7) is 2.03. The quantitative estimate of drug-likeness (QED) is 0.653. The number of nitrogens with two attached hydrogens (primary N) is 1. The largest absolute Gasteiger partial charge is 0.384 e. The minimum Gasteiger partial charge on any atom is -0.384 e. The third kappa shape index (κ3) is 1.80. The van der Waals surface area contributed by atoms with Crippen molar-refractivity contribution < 1.29 is 0 Å². The van der Waals surface area contributed by atoms with Gasteiger partial charge in [-0.1, -0.05) is 6.92 Å². The first-order chi connectivity index (χ1) is 5.26. The molecule has 0 amide bonds. The van der Waals surface area contributed by atoms with Gasteiger partial charge >= 0.3 is 0 Å². The normalized spacial score (nSPS) is 9.64. The summed E-state index contributed by atoms with van der Waals surface area (Å²) in [4.78, 5) is 8.12. The molecule has 0 saturated heterocycles. The molecule has 4 nitrogen and oxygen atoms in total. The van der Waals surface area contributed by atoms with Gasteiger partial charge < -0.3 is 11.1 Å². The first-order valence-corrected chi connectivity index (χ1v) is 3.57. The van der Waals surface area contributed by atoms with Crippen LogP contribution in [-0.4, -0.2) is 17.0 Å². The van der Waals surface area contributed by atoms with Crippen LogP contribution in [0.2, 0.25) is 0 Å². The van der Waals surface area contributed by atoms with Crippen LogP contribution in [0.25, 0.3) is 0 Å². The summed E-state index contributed by atoms with van der Waals surface area (Å²) < 4.78 is 0. The molecule has 0 unspecified atom stereocenters. The number of nitrogen functional groups attached to an aromatic ring is 1. The van der Waals surface area contributed by atoms with E-state index in [0.29, 0.717) is 11.8 Å². The van der Waals surface area contributed by atoms with Gasteiger partial charge in [-0.15, -0.1) is 0 Å². The zero-order valence-corrected chi connectivity index (χ0v) is 6.76. The molecular formula is C7H12N4. The van der Waals surface area contributed by atoms with E-state index in [0.717, 1.165) is 12.1 Å². The van der Waals surface area contributed by atoms with Crippen molar-refractivity contribution in [3.05, 3.63) is 11.8 Å². The summed E-state index contributed by atoms with van der Waals surface area (Å²) in [6, 6.07) is 1.78. The molecule has 0 aliphatic heterocycles. The standard InChI is InChI=1S/C7H12N4/c1-3-5-4-6(8)11-7(9-2)10-5/h4H,3H2,1-2H3,(H3,8,9,10,11). The van der Waals surface area contributed by atoms with Crippen LogP contribution in [0.1, 0.15) is 12.6 Å². The highest BCUT2D eigenvalue weighted by molar-refractivity contribution is 5.37. The molecule has 1 heterocycles. The maximum Gasteiger partial charge on any atom is 0.224 e. The molecule has 0 bridgehead atoms. The molecule has 60 valence electrons. The molecule has 1 rings (SSSR count). The summed E-state index contributed by atoms with van der Waals surface area (Å²) in [5.41, 5.74) is 6.48. The van der Waals surface area contributed by atoms with Gasteiger partial charge in [-0.05, 0) is 6.42 Å². The lowest BCUT2D eigenvalue weighted by Gasteiger charge is -2.01. The van der Waals surface area contributed by atoms with Crippen molar-refractivity contribution in [3.63, 3.8) is 0 Å². The van der Waals surface area contributed by atoms with Crippen molar-refractivity contribution in [1.29, 1.82) is 0 Å². The number of hydrogen-bond acceptors (Lipinski definition) is 4. The number of aromatic nitrogens is 2. The molecular weight excluding hydrogens is 140 g/mol. The average Bonchev–Trinajstić information content (AvgIpc) is 2.03. The molecule has 0 atom stereocenters. The summed E-state index contributed by atoms with van der Waals surface area (Å²) in [7, 11) is 1.77.